The Hall–Kier alpha value is -3.10. The van der Waals surface area contributed by atoms with Crippen LogP contribution in [0, 0.1) is 11.6 Å². The second kappa shape index (κ2) is 8.60. The van der Waals surface area contributed by atoms with Gasteiger partial charge in [-0.25, -0.2) is 13.6 Å². The molecule has 0 radical (unpaired) electrons. The molecule has 1 N–H and O–H groups in total. The van der Waals surface area contributed by atoms with E-state index in [-0.39, 0.29) is 29.5 Å². The van der Waals surface area contributed by atoms with Crippen molar-refractivity contribution in [1.29, 1.82) is 0 Å². The Morgan fingerprint density at radius 3 is 2.26 bits per heavy atom. The molecule has 2 aromatic carbocycles. The smallest absolute Gasteiger partial charge is 0.319 e. The van der Waals surface area contributed by atoms with E-state index in [2.05, 4.69) is 12.4 Å². The fourth-order valence-electron chi connectivity index (χ4n) is 5.29. The third-order valence-corrected chi connectivity index (χ3v) is 7.99. The number of quaternary nitrogens is 1. The number of thiophene rings is 1. The highest BCUT2D eigenvalue weighted by molar-refractivity contribution is 7.12. The van der Waals surface area contributed by atoms with E-state index in [0.717, 1.165) is 29.0 Å². The second-order valence-corrected chi connectivity index (χ2v) is 10.5. The van der Waals surface area contributed by atoms with E-state index in [9.17, 15) is 18.4 Å². The van der Waals surface area contributed by atoms with Gasteiger partial charge < -0.3 is 14.7 Å². The number of benzene rings is 2. The molecule has 2 fully saturated rings. The van der Waals surface area contributed by atoms with E-state index in [4.69, 9.17) is 0 Å². The topological polar surface area (TPSA) is 49.4 Å². The van der Waals surface area contributed by atoms with E-state index in [0.29, 0.717) is 24.1 Å². The van der Waals surface area contributed by atoms with Crippen molar-refractivity contribution < 1.29 is 22.9 Å². The summed E-state index contributed by atoms with van der Waals surface area (Å²) in [5.74, 6) is -0.604. The van der Waals surface area contributed by atoms with Gasteiger partial charge in [-0.2, -0.15) is 0 Å². The van der Waals surface area contributed by atoms with E-state index in [1.807, 2.05) is 22.4 Å². The maximum atomic E-state index is 13.7. The molecule has 5 rings (SSSR count). The number of rotatable bonds is 6. The number of nitrogens with one attached hydrogen (secondary N) is 1. The molecule has 0 spiro atoms. The average molecular weight is 483 g/mol. The highest BCUT2D eigenvalue weighted by Gasteiger charge is 2.50. The highest BCUT2D eigenvalue weighted by atomic mass is 32.1. The Morgan fingerprint density at radius 2 is 1.71 bits per heavy atom. The number of ketones is 1. The number of Topliss-reactive ketones (excluding diaryl/α,β-unsaturated/α-hetero) is 1. The normalized spacial score (nSPS) is 23.8. The van der Waals surface area contributed by atoms with Gasteiger partial charge in [-0.1, -0.05) is 30.3 Å². The van der Waals surface area contributed by atoms with Crippen LogP contribution in [0.1, 0.15) is 27.2 Å². The van der Waals surface area contributed by atoms with Crippen molar-refractivity contribution in [3.05, 3.63) is 93.7 Å². The molecule has 0 saturated carbocycles. The van der Waals surface area contributed by atoms with Crippen LogP contribution in [0.3, 0.4) is 0 Å². The first kappa shape index (κ1) is 22.7. The third kappa shape index (κ3) is 4.12. The van der Waals surface area contributed by atoms with Crippen LogP contribution in [-0.2, 0) is 5.54 Å². The van der Waals surface area contributed by atoms with Crippen LogP contribution in [0.25, 0.3) is 0 Å². The zero-order chi connectivity index (χ0) is 23.9. The minimum Gasteiger partial charge on any atom is -0.323 e. The van der Waals surface area contributed by atoms with E-state index < -0.39 is 5.54 Å². The van der Waals surface area contributed by atoms with Gasteiger partial charge in [0.1, 0.15) is 23.7 Å². The summed E-state index contributed by atoms with van der Waals surface area (Å²) in [7, 11) is 2.06. The number of urea groups is 1. The summed E-state index contributed by atoms with van der Waals surface area (Å²) in [5, 5.41) is 5.03. The van der Waals surface area contributed by atoms with Gasteiger partial charge in [0.2, 0.25) is 5.78 Å². The molecule has 34 heavy (non-hydrogen) atoms. The molecule has 2 amide bonds. The predicted octanol–water partition coefficient (Wildman–Crippen LogP) is 4.40. The number of likely N-dealkylation sites (N-methyl/N-ethyl adjacent to an activating group) is 1. The summed E-state index contributed by atoms with van der Waals surface area (Å²) in [6, 6.07) is 15.6. The van der Waals surface area contributed by atoms with Crippen molar-refractivity contribution in [1.82, 2.24) is 10.2 Å². The molecule has 3 heterocycles. The van der Waals surface area contributed by atoms with Crippen molar-refractivity contribution in [2.45, 2.75) is 18.0 Å². The van der Waals surface area contributed by atoms with Gasteiger partial charge in [-0.05, 0) is 46.8 Å². The third-order valence-electron chi connectivity index (χ3n) is 7.08. The quantitative estimate of drug-likeness (QED) is 0.418. The summed E-state index contributed by atoms with van der Waals surface area (Å²) in [6.07, 6.45) is 0.782. The van der Waals surface area contributed by atoms with Crippen LogP contribution in [0.5, 0.6) is 0 Å². The minimum atomic E-state index is -0.919. The SMILES string of the molecule is C[N+]1(CC(=O)c2cccs2)CC[C@@H](N2CC(c3ccc(F)cc3)(c3ccc(F)cc3)NC2=O)C1. The Labute approximate surface area is 201 Å². The van der Waals surface area contributed by atoms with Crippen LogP contribution in [-0.4, -0.2) is 60.5 Å². The molecular formula is C26H26F2N3O2S+. The number of likely N-dealkylation sites (tertiary alicyclic amines) is 1. The molecule has 2 aliphatic heterocycles. The molecule has 176 valence electrons. The molecule has 2 atom stereocenters. The fourth-order valence-corrected chi connectivity index (χ4v) is 5.95. The number of carbonyl (C=O) groups excluding carboxylic acids is 2. The molecule has 5 nitrogen and oxygen atoms in total. The molecule has 2 aliphatic rings. The molecule has 1 unspecified atom stereocenters. The standard InChI is InChI=1S/C26H25F2N3O2S/c1-31(16-23(32)24-3-2-14-34-24)13-12-22(15-31)30-17-26(29-25(30)33,18-4-8-20(27)9-5-18)19-6-10-21(28)11-7-19/h2-11,14,22H,12-13,15-17H2,1H3/p+1/t22-,31?/m1/s1. The Bertz CT molecular complexity index is 1150. The molecule has 1 aromatic heterocycles. The zero-order valence-electron chi connectivity index (χ0n) is 18.8. The van der Waals surface area contributed by atoms with Gasteiger partial charge in [0.15, 0.2) is 0 Å². The van der Waals surface area contributed by atoms with Gasteiger partial charge in [-0.3, -0.25) is 4.79 Å². The summed E-state index contributed by atoms with van der Waals surface area (Å²) < 4.78 is 27.9. The van der Waals surface area contributed by atoms with Gasteiger partial charge in [0.05, 0.1) is 37.6 Å². The number of carbonyl (C=O) groups is 2. The Balaban J connectivity index is 1.40. The molecule has 8 heteroatoms. The fraction of sp³-hybridized carbons (Fsp3) is 0.308. The van der Waals surface area contributed by atoms with Crippen LogP contribution >= 0.6 is 11.3 Å². The van der Waals surface area contributed by atoms with Gasteiger partial charge >= 0.3 is 6.03 Å². The summed E-state index contributed by atoms with van der Waals surface area (Å²) in [6.45, 7) is 2.21. The summed E-state index contributed by atoms with van der Waals surface area (Å²) >= 11 is 1.45. The maximum absolute atomic E-state index is 13.7. The van der Waals surface area contributed by atoms with E-state index in [1.165, 1.54) is 35.6 Å². The van der Waals surface area contributed by atoms with Crippen molar-refractivity contribution in [3.63, 3.8) is 0 Å². The molecule has 0 aliphatic carbocycles. The second-order valence-electron chi connectivity index (χ2n) is 9.50. The number of nitrogens with zero attached hydrogens (tertiary/aromatic N) is 2. The lowest BCUT2D eigenvalue weighted by Gasteiger charge is -2.32. The summed E-state index contributed by atoms with van der Waals surface area (Å²) in [4.78, 5) is 28.6. The largest absolute Gasteiger partial charge is 0.323 e. The Kier molecular flexibility index (Phi) is 5.73. The van der Waals surface area contributed by atoms with E-state index in [1.54, 1.807) is 24.3 Å². The number of hydrogen-bond donors (Lipinski definition) is 1. The first-order valence-corrected chi connectivity index (χ1v) is 12.2. The van der Waals surface area contributed by atoms with Crippen LogP contribution < -0.4 is 5.32 Å². The van der Waals surface area contributed by atoms with Gasteiger partial charge in [-0.15, -0.1) is 11.3 Å². The first-order chi connectivity index (χ1) is 16.3. The zero-order valence-corrected chi connectivity index (χ0v) is 19.7. The first-order valence-electron chi connectivity index (χ1n) is 11.3. The molecular weight excluding hydrogens is 456 g/mol. The maximum Gasteiger partial charge on any atom is 0.319 e. The van der Waals surface area contributed by atoms with Crippen molar-refractivity contribution in [3.8, 4) is 0 Å². The highest BCUT2D eigenvalue weighted by Crippen LogP contribution is 2.37. The molecule has 3 aromatic rings. The Morgan fingerprint density at radius 1 is 1.09 bits per heavy atom. The van der Waals surface area contributed by atoms with Gasteiger partial charge in [0.25, 0.3) is 0 Å². The van der Waals surface area contributed by atoms with Gasteiger partial charge in [0, 0.05) is 6.42 Å². The number of halogens is 2. The predicted molar refractivity (Wildman–Crippen MR) is 127 cm³/mol. The lowest BCUT2D eigenvalue weighted by Crippen LogP contribution is -2.49. The van der Waals surface area contributed by atoms with Crippen molar-refractivity contribution >= 4 is 23.2 Å². The molecule has 2 saturated heterocycles. The average Bonchev–Trinajstić information content (AvgIpc) is 3.54. The van der Waals surface area contributed by atoms with Crippen LogP contribution in [0.4, 0.5) is 13.6 Å². The monoisotopic (exact) mass is 482 g/mol. The number of hydrogen-bond acceptors (Lipinski definition) is 3. The minimum absolute atomic E-state index is 0.0380. The van der Waals surface area contributed by atoms with Crippen LogP contribution in [0.15, 0.2) is 66.0 Å². The molecule has 0 bridgehead atoms. The summed E-state index contributed by atoms with van der Waals surface area (Å²) in [5.41, 5.74) is 0.552. The lowest BCUT2D eigenvalue weighted by atomic mass is 9.83. The van der Waals surface area contributed by atoms with Crippen molar-refractivity contribution in [2.75, 3.05) is 33.2 Å². The van der Waals surface area contributed by atoms with E-state index >= 15 is 0 Å². The lowest BCUT2D eigenvalue weighted by molar-refractivity contribution is -0.890. The van der Waals surface area contributed by atoms with Crippen LogP contribution in [0.2, 0.25) is 0 Å². The number of amides is 2. The van der Waals surface area contributed by atoms with Crippen molar-refractivity contribution in [2.24, 2.45) is 0 Å².